The van der Waals surface area contributed by atoms with Crippen molar-refractivity contribution in [1.82, 2.24) is 25.2 Å². The van der Waals surface area contributed by atoms with Gasteiger partial charge in [-0.05, 0) is 29.8 Å². The van der Waals surface area contributed by atoms with Gasteiger partial charge >= 0.3 is 0 Å². The number of nitrogens with zero attached hydrogens (tertiary/aromatic N) is 4. The van der Waals surface area contributed by atoms with Crippen molar-refractivity contribution in [2.75, 3.05) is 38.1 Å². The lowest BCUT2D eigenvalue weighted by atomic mass is 10.2. The van der Waals surface area contributed by atoms with Gasteiger partial charge in [-0.15, -0.1) is 6.42 Å². The van der Waals surface area contributed by atoms with E-state index in [0.717, 1.165) is 44.0 Å². The van der Waals surface area contributed by atoms with Crippen molar-refractivity contribution in [2.45, 2.75) is 6.54 Å². The molecule has 4 heterocycles. The fourth-order valence-electron chi connectivity index (χ4n) is 3.58. The second-order valence-corrected chi connectivity index (χ2v) is 7.18. The van der Waals surface area contributed by atoms with Crippen molar-refractivity contribution in [3.63, 3.8) is 0 Å². The highest BCUT2D eigenvalue weighted by Gasteiger charge is 2.18. The van der Waals surface area contributed by atoms with Crippen molar-refractivity contribution in [3.8, 4) is 12.3 Å². The zero-order valence-corrected chi connectivity index (χ0v) is 16.7. The number of hydrogen-bond donors (Lipinski definition) is 2. The van der Waals surface area contributed by atoms with E-state index < -0.39 is 0 Å². The van der Waals surface area contributed by atoms with E-state index in [2.05, 4.69) is 36.0 Å². The lowest BCUT2D eigenvalue weighted by molar-refractivity contribution is 0.0958. The zero-order chi connectivity index (χ0) is 21.1. The Kier molecular flexibility index (Phi) is 5.46. The van der Waals surface area contributed by atoms with Crippen LogP contribution in [0, 0.1) is 12.3 Å². The first-order valence-corrected chi connectivity index (χ1v) is 9.71. The summed E-state index contributed by atoms with van der Waals surface area (Å²) in [4.78, 5) is 39.7. The number of aromatic amines is 1. The van der Waals surface area contributed by atoms with Crippen LogP contribution in [0.4, 0.5) is 5.69 Å². The summed E-state index contributed by atoms with van der Waals surface area (Å²) in [6, 6.07) is 7.27. The molecule has 8 nitrogen and oxygen atoms in total. The molecule has 4 rings (SSSR count). The number of carbonyl (C=O) groups excluding carboxylic acids is 1. The molecule has 0 radical (unpaired) electrons. The smallest absolute Gasteiger partial charge is 0.269 e. The number of aromatic nitrogens is 3. The van der Waals surface area contributed by atoms with Crippen LogP contribution in [0.5, 0.6) is 0 Å². The van der Waals surface area contributed by atoms with Gasteiger partial charge in [0, 0.05) is 46.0 Å². The Morgan fingerprint density at radius 2 is 2.00 bits per heavy atom. The average molecular weight is 402 g/mol. The Morgan fingerprint density at radius 3 is 2.67 bits per heavy atom. The summed E-state index contributed by atoms with van der Waals surface area (Å²) >= 11 is 0. The van der Waals surface area contributed by atoms with E-state index in [0.29, 0.717) is 16.7 Å². The molecule has 0 atom stereocenters. The number of hydrogen-bond acceptors (Lipinski definition) is 6. The summed E-state index contributed by atoms with van der Waals surface area (Å²) < 4.78 is 0. The SMILES string of the molecule is C#Cc1cc2ncc(CN3CCN(c4ccc(C(=O)NC)nc4)CC3)cc2[nH]c1=O. The average Bonchev–Trinajstić information content (AvgIpc) is 2.78. The minimum atomic E-state index is -0.270. The summed E-state index contributed by atoms with van der Waals surface area (Å²) in [5, 5.41) is 2.57. The number of piperazine rings is 1. The van der Waals surface area contributed by atoms with Crippen LogP contribution in [0.25, 0.3) is 11.0 Å². The molecular formula is C22H22N6O2. The Labute approximate surface area is 173 Å². The fourth-order valence-corrected chi connectivity index (χ4v) is 3.58. The third kappa shape index (κ3) is 4.02. The standard InChI is InChI=1S/C22H22N6O2/c1-3-16-11-19-20(26-21(16)29)10-15(12-24-19)14-27-6-8-28(9-7-27)17-4-5-18(25-13-17)22(30)23-2/h1,4-5,10-13H,6-9,14H2,2H3,(H,23,30)(H,26,29). The maximum absolute atomic E-state index is 11.9. The van der Waals surface area contributed by atoms with Crippen LogP contribution in [0.2, 0.25) is 0 Å². The molecule has 0 aromatic carbocycles. The van der Waals surface area contributed by atoms with Crippen LogP contribution >= 0.6 is 0 Å². The van der Waals surface area contributed by atoms with Gasteiger partial charge in [0.2, 0.25) is 0 Å². The van der Waals surface area contributed by atoms with Gasteiger partial charge in [-0.3, -0.25) is 19.5 Å². The van der Waals surface area contributed by atoms with E-state index in [1.54, 1.807) is 25.4 Å². The molecule has 1 aliphatic rings. The summed E-state index contributed by atoms with van der Waals surface area (Å²) in [6.07, 6.45) is 8.92. The van der Waals surface area contributed by atoms with E-state index in [1.165, 1.54) is 0 Å². The molecule has 30 heavy (non-hydrogen) atoms. The minimum Gasteiger partial charge on any atom is -0.368 e. The number of amides is 1. The van der Waals surface area contributed by atoms with Crippen molar-refractivity contribution in [2.24, 2.45) is 0 Å². The molecule has 0 bridgehead atoms. The fraction of sp³-hybridized carbons (Fsp3) is 0.273. The highest BCUT2D eigenvalue weighted by molar-refractivity contribution is 5.92. The quantitative estimate of drug-likeness (QED) is 0.632. The van der Waals surface area contributed by atoms with Gasteiger partial charge in [-0.25, -0.2) is 4.98 Å². The Balaban J connectivity index is 1.39. The summed E-state index contributed by atoms with van der Waals surface area (Å²) in [5.74, 6) is 2.19. The third-order valence-electron chi connectivity index (χ3n) is 5.26. The van der Waals surface area contributed by atoms with Gasteiger partial charge in [0.15, 0.2) is 0 Å². The molecule has 0 saturated carbocycles. The van der Waals surface area contributed by atoms with Gasteiger partial charge in [0.05, 0.1) is 28.5 Å². The normalized spacial score (nSPS) is 14.5. The molecule has 2 N–H and O–H groups in total. The Bertz CT molecular complexity index is 1170. The maximum atomic E-state index is 11.9. The molecule has 1 fully saturated rings. The maximum Gasteiger partial charge on any atom is 0.269 e. The zero-order valence-electron chi connectivity index (χ0n) is 16.7. The summed E-state index contributed by atoms with van der Waals surface area (Å²) in [5.41, 5.74) is 3.86. The number of pyridine rings is 3. The molecule has 152 valence electrons. The number of H-pyrrole nitrogens is 1. The second-order valence-electron chi connectivity index (χ2n) is 7.18. The summed E-state index contributed by atoms with van der Waals surface area (Å²) in [6.45, 7) is 4.27. The Hall–Kier alpha value is -3.70. The van der Waals surface area contributed by atoms with Crippen LogP contribution in [-0.2, 0) is 6.54 Å². The number of fused-ring (bicyclic) bond motifs is 1. The van der Waals surface area contributed by atoms with Crippen molar-refractivity contribution < 1.29 is 4.79 Å². The van der Waals surface area contributed by atoms with Gasteiger partial charge in [-0.1, -0.05) is 5.92 Å². The van der Waals surface area contributed by atoms with E-state index in [4.69, 9.17) is 6.42 Å². The van der Waals surface area contributed by atoms with Gasteiger partial charge in [0.1, 0.15) is 5.69 Å². The first kappa shape index (κ1) is 19.6. The highest BCUT2D eigenvalue weighted by atomic mass is 16.1. The minimum absolute atomic E-state index is 0.188. The molecule has 1 saturated heterocycles. The molecule has 1 amide bonds. The molecular weight excluding hydrogens is 380 g/mol. The molecule has 0 spiro atoms. The van der Waals surface area contributed by atoms with Crippen molar-refractivity contribution >= 4 is 22.6 Å². The van der Waals surface area contributed by atoms with Crippen molar-refractivity contribution in [1.29, 1.82) is 0 Å². The first-order valence-electron chi connectivity index (χ1n) is 9.71. The molecule has 0 unspecified atom stereocenters. The van der Waals surface area contributed by atoms with E-state index in [-0.39, 0.29) is 17.0 Å². The number of terminal acetylenes is 1. The number of anilines is 1. The van der Waals surface area contributed by atoms with E-state index in [9.17, 15) is 9.59 Å². The predicted octanol–water partition coefficient (Wildman–Crippen LogP) is 0.981. The predicted molar refractivity (Wildman–Crippen MR) is 115 cm³/mol. The van der Waals surface area contributed by atoms with Gasteiger partial charge in [0.25, 0.3) is 11.5 Å². The summed E-state index contributed by atoms with van der Waals surface area (Å²) in [7, 11) is 1.59. The molecule has 1 aliphatic heterocycles. The van der Waals surface area contributed by atoms with Crippen LogP contribution in [0.1, 0.15) is 21.6 Å². The third-order valence-corrected chi connectivity index (χ3v) is 5.26. The highest BCUT2D eigenvalue weighted by Crippen LogP contribution is 2.18. The number of rotatable bonds is 4. The molecule has 3 aromatic heterocycles. The lowest BCUT2D eigenvalue weighted by Gasteiger charge is -2.36. The van der Waals surface area contributed by atoms with Crippen LogP contribution in [0.15, 0.2) is 41.5 Å². The van der Waals surface area contributed by atoms with Crippen molar-refractivity contribution in [3.05, 3.63) is 63.8 Å². The van der Waals surface area contributed by atoms with Crippen LogP contribution in [0.3, 0.4) is 0 Å². The van der Waals surface area contributed by atoms with Crippen LogP contribution in [-0.4, -0.2) is 59.0 Å². The number of carbonyl (C=O) groups is 1. The first-order chi connectivity index (χ1) is 14.6. The van der Waals surface area contributed by atoms with Crippen LogP contribution < -0.4 is 15.8 Å². The van der Waals surface area contributed by atoms with E-state index >= 15 is 0 Å². The topological polar surface area (TPSA) is 94.2 Å². The molecule has 8 heteroatoms. The van der Waals surface area contributed by atoms with E-state index in [1.807, 2.05) is 18.3 Å². The lowest BCUT2D eigenvalue weighted by Crippen LogP contribution is -2.46. The second kappa shape index (κ2) is 8.35. The van der Waals surface area contributed by atoms with Gasteiger partial charge < -0.3 is 15.2 Å². The van der Waals surface area contributed by atoms with Gasteiger partial charge in [-0.2, -0.15) is 0 Å². The molecule has 0 aliphatic carbocycles. The monoisotopic (exact) mass is 402 g/mol. The Morgan fingerprint density at radius 1 is 1.20 bits per heavy atom. The number of nitrogens with one attached hydrogen (secondary N) is 2. The largest absolute Gasteiger partial charge is 0.368 e. The molecule has 3 aromatic rings.